The molecule has 0 aliphatic heterocycles. The molecule has 0 aliphatic carbocycles. The summed E-state index contributed by atoms with van der Waals surface area (Å²) in [6.07, 6.45) is 1.32. The maximum atomic E-state index is 12.3. The minimum Gasteiger partial charge on any atom is -0.497 e. The van der Waals surface area contributed by atoms with Gasteiger partial charge < -0.3 is 19.9 Å². The fourth-order valence-electron chi connectivity index (χ4n) is 1.79. The number of ketones is 1. The van der Waals surface area contributed by atoms with E-state index in [1.165, 1.54) is 7.11 Å². The lowest BCUT2D eigenvalue weighted by Crippen LogP contribution is -2.31. The predicted molar refractivity (Wildman–Crippen MR) is 73.0 cm³/mol. The number of benzene rings is 1. The molecule has 0 radical (unpaired) electrons. The van der Waals surface area contributed by atoms with E-state index >= 15 is 0 Å². The Bertz CT molecular complexity index is 420. The van der Waals surface area contributed by atoms with E-state index in [2.05, 4.69) is 0 Å². The molecule has 0 aromatic heterocycles. The molecule has 1 aromatic rings. The Morgan fingerprint density at radius 2 is 2.00 bits per heavy atom. The second kappa shape index (κ2) is 7.76. The van der Waals surface area contributed by atoms with E-state index in [1.807, 2.05) is 0 Å². The number of Topliss-reactive ketones (excluding diaryl/α,β-unsaturated/α-hetero) is 1. The highest BCUT2D eigenvalue weighted by Gasteiger charge is 2.20. The van der Waals surface area contributed by atoms with Crippen LogP contribution in [-0.4, -0.2) is 39.8 Å². The van der Waals surface area contributed by atoms with E-state index in [0.29, 0.717) is 30.1 Å². The Balaban J connectivity index is 2.84. The fourth-order valence-corrected chi connectivity index (χ4v) is 1.79. The van der Waals surface area contributed by atoms with E-state index in [4.69, 9.17) is 19.9 Å². The zero-order chi connectivity index (χ0) is 14.3. The molecule has 1 atom stereocenters. The Labute approximate surface area is 113 Å². The summed E-state index contributed by atoms with van der Waals surface area (Å²) in [4.78, 5) is 12.3. The monoisotopic (exact) mass is 267 g/mol. The molecule has 0 amide bonds. The first kappa shape index (κ1) is 15.5. The van der Waals surface area contributed by atoms with Crippen molar-refractivity contribution in [2.75, 3.05) is 27.9 Å². The van der Waals surface area contributed by atoms with Crippen LogP contribution < -0.4 is 15.2 Å². The number of carbonyl (C=O) groups excluding carboxylic acids is 1. The molecule has 106 valence electrons. The van der Waals surface area contributed by atoms with E-state index in [9.17, 15) is 4.79 Å². The summed E-state index contributed by atoms with van der Waals surface area (Å²) in [6.45, 7) is 0.593. The third-order valence-electron chi connectivity index (χ3n) is 2.87. The van der Waals surface area contributed by atoms with Crippen LogP contribution >= 0.6 is 0 Å². The fraction of sp³-hybridized carbons (Fsp3) is 0.500. The van der Waals surface area contributed by atoms with Crippen LogP contribution in [0.4, 0.5) is 0 Å². The molecule has 0 bridgehead atoms. The molecular formula is C14H21NO4. The van der Waals surface area contributed by atoms with E-state index in [1.54, 1.807) is 32.4 Å². The maximum absolute atomic E-state index is 12.3. The van der Waals surface area contributed by atoms with E-state index < -0.39 is 6.04 Å². The molecule has 5 heteroatoms. The highest BCUT2D eigenvalue weighted by molar-refractivity contribution is 6.02. The molecular weight excluding hydrogens is 246 g/mol. The van der Waals surface area contributed by atoms with Crippen LogP contribution in [0.3, 0.4) is 0 Å². The number of hydrogen-bond acceptors (Lipinski definition) is 5. The lowest BCUT2D eigenvalue weighted by Gasteiger charge is -2.14. The van der Waals surface area contributed by atoms with Crippen LogP contribution in [0.15, 0.2) is 18.2 Å². The van der Waals surface area contributed by atoms with Gasteiger partial charge in [0.05, 0.1) is 25.8 Å². The summed E-state index contributed by atoms with van der Waals surface area (Å²) in [5, 5.41) is 0. The summed E-state index contributed by atoms with van der Waals surface area (Å²) >= 11 is 0. The van der Waals surface area contributed by atoms with E-state index in [0.717, 1.165) is 6.42 Å². The molecule has 0 saturated heterocycles. The van der Waals surface area contributed by atoms with Gasteiger partial charge in [0.1, 0.15) is 11.5 Å². The highest BCUT2D eigenvalue weighted by Crippen LogP contribution is 2.25. The normalized spacial score (nSPS) is 12.0. The van der Waals surface area contributed by atoms with Crippen LogP contribution in [0, 0.1) is 0 Å². The third-order valence-corrected chi connectivity index (χ3v) is 2.87. The molecule has 1 unspecified atom stereocenters. The van der Waals surface area contributed by atoms with Gasteiger partial charge in [0.2, 0.25) is 0 Å². The van der Waals surface area contributed by atoms with Gasteiger partial charge in [-0.15, -0.1) is 0 Å². The first-order valence-corrected chi connectivity index (χ1v) is 6.14. The number of nitrogens with two attached hydrogens (primary N) is 1. The molecule has 2 N–H and O–H groups in total. The van der Waals surface area contributed by atoms with Crippen LogP contribution in [0.25, 0.3) is 0 Å². The van der Waals surface area contributed by atoms with Gasteiger partial charge in [-0.3, -0.25) is 4.79 Å². The number of rotatable bonds is 8. The molecule has 0 spiro atoms. The van der Waals surface area contributed by atoms with Crippen molar-refractivity contribution in [3.05, 3.63) is 23.8 Å². The highest BCUT2D eigenvalue weighted by atomic mass is 16.5. The number of carbonyl (C=O) groups is 1. The SMILES string of the molecule is COCCCC(N)C(=O)c1cc(OC)ccc1OC. The molecule has 0 fully saturated rings. The summed E-state index contributed by atoms with van der Waals surface area (Å²) in [7, 11) is 4.70. The lowest BCUT2D eigenvalue weighted by atomic mass is 10.00. The number of hydrogen-bond donors (Lipinski definition) is 1. The van der Waals surface area contributed by atoms with Crippen molar-refractivity contribution < 1.29 is 19.0 Å². The van der Waals surface area contributed by atoms with Crippen molar-refractivity contribution >= 4 is 5.78 Å². The van der Waals surface area contributed by atoms with Crippen molar-refractivity contribution in [2.45, 2.75) is 18.9 Å². The van der Waals surface area contributed by atoms with Crippen molar-refractivity contribution in [2.24, 2.45) is 5.73 Å². The van der Waals surface area contributed by atoms with Crippen molar-refractivity contribution in [1.29, 1.82) is 0 Å². The summed E-state index contributed by atoms with van der Waals surface area (Å²) < 4.78 is 15.2. The smallest absolute Gasteiger partial charge is 0.183 e. The van der Waals surface area contributed by atoms with Gasteiger partial charge in [-0.1, -0.05) is 0 Å². The van der Waals surface area contributed by atoms with E-state index in [-0.39, 0.29) is 5.78 Å². The largest absolute Gasteiger partial charge is 0.497 e. The lowest BCUT2D eigenvalue weighted by molar-refractivity contribution is 0.0947. The third kappa shape index (κ3) is 4.22. The Morgan fingerprint density at radius 3 is 2.58 bits per heavy atom. The van der Waals surface area contributed by atoms with Gasteiger partial charge in [-0.05, 0) is 31.0 Å². The van der Waals surface area contributed by atoms with Gasteiger partial charge in [0.25, 0.3) is 0 Å². The van der Waals surface area contributed by atoms with Crippen molar-refractivity contribution in [1.82, 2.24) is 0 Å². The number of methoxy groups -OCH3 is 3. The second-order valence-corrected chi connectivity index (χ2v) is 4.17. The van der Waals surface area contributed by atoms with Gasteiger partial charge in [-0.2, -0.15) is 0 Å². The van der Waals surface area contributed by atoms with Crippen LogP contribution in [0.1, 0.15) is 23.2 Å². The van der Waals surface area contributed by atoms with Crippen LogP contribution in [0.5, 0.6) is 11.5 Å². The Hall–Kier alpha value is -1.59. The molecule has 5 nitrogen and oxygen atoms in total. The average Bonchev–Trinajstić information content (AvgIpc) is 2.45. The topological polar surface area (TPSA) is 70.8 Å². The molecule has 0 saturated carbocycles. The van der Waals surface area contributed by atoms with Crippen LogP contribution in [-0.2, 0) is 4.74 Å². The van der Waals surface area contributed by atoms with Gasteiger partial charge in [0.15, 0.2) is 5.78 Å². The first-order valence-electron chi connectivity index (χ1n) is 6.14. The minimum absolute atomic E-state index is 0.146. The van der Waals surface area contributed by atoms with Gasteiger partial charge >= 0.3 is 0 Å². The molecule has 19 heavy (non-hydrogen) atoms. The summed E-state index contributed by atoms with van der Waals surface area (Å²) in [5.41, 5.74) is 6.35. The van der Waals surface area contributed by atoms with Gasteiger partial charge in [0, 0.05) is 13.7 Å². The average molecular weight is 267 g/mol. The minimum atomic E-state index is -0.559. The predicted octanol–water partition coefficient (Wildman–Crippen LogP) is 1.64. The quantitative estimate of drug-likeness (QED) is 0.572. The maximum Gasteiger partial charge on any atom is 0.183 e. The summed E-state index contributed by atoms with van der Waals surface area (Å²) in [5.74, 6) is 0.966. The standard InChI is InChI=1S/C14H21NO4/c1-17-8-4-5-12(15)14(16)11-9-10(18-2)6-7-13(11)19-3/h6-7,9,12H,4-5,8,15H2,1-3H3. The second-order valence-electron chi connectivity index (χ2n) is 4.17. The zero-order valence-corrected chi connectivity index (χ0v) is 11.6. The molecule has 0 heterocycles. The zero-order valence-electron chi connectivity index (χ0n) is 11.6. The number of ether oxygens (including phenoxy) is 3. The van der Waals surface area contributed by atoms with Crippen molar-refractivity contribution in [3.8, 4) is 11.5 Å². The summed E-state index contributed by atoms with van der Waals surface area (Å²) in [6, 6.07) is 4.54. The molecule has 1 rings (SSSR count). The van der Waals surface area contributed by atoms with Gasteiger partial charge in [-0.25, -0.2) is 0 Å². The van der Waals surface area contributed by atoms with Crippen molar-refractivity contribution in [3.63, 3.8) is 0 Å². The molecule has 0 aliphatic rings. The van der Waals surface area contributed by atoms with Crippen LogP contribution in [0.2, 0.25) is 0 Å². The first-order chi connectivity index (χ1) is 9.13. The Kier molecular flexibility index (Phi) is 6.32. The molecule has 1 aromatic carbocycles. The Morgan fingerprint density at radius 1 is 1.26 bits per heavy atom.